The molecular weight excluding hydrogens is 292 g/mol. The first-order valence-electron chi connectivity index (χ1n) is 7.33. The second-order valence-corrected chi connectivity index (χ2v) is 5.32. The molecule has 1 aliphatic heterocycles. The van der Waals surface area contributed by atoms with Gasteiger partial charge in [0.25, 0.3) is 0 Å². The standard InChI is InChI=1S/C13H24N4O5/c14-6-2-1-4-9(16-10(18)8-15)11(19)17-7-3-5-13(17,22)12(20)21/h9,22H,1-8,14-15H2,(H,16,18)(H,20,21). The van der Waals surface area contributed by atoms with Crippen LogP contribution >= 0.6 is 0 Å². The molecule has 0 saturated carbocycles. The lowest BCUT2D eigenvalue weighted by molar-refractivity contribution is -0.183. The number of nitrogens with zero attached hydrogens (tertiary/aromatic N) is 1. The third-order valence-electron chi connectivity index (χ3n) is 3.73. The van der Waals surface area contributed by atoms with Crippen molar-refractivity contribution in [2.45, 2.75) is 43.9 Å². The van der Waals surface area contributed by atoms with Gasteiger partial charge in [-0.15, -0.1) is 0 Å². The Morgan fingerprint density at radius 3 is 2.50 bits per heavy atom. The number of aliphatic carboxylic acids is 1. The normalized spacial score (nSPS) is 22.4. The lowest BCUT2D eigenvalue weighted by Crippen LogP contribution is -2.58. The summed E-state index contributed by atoms with van der Waals surface area (Å²) >= 11 is 0. The van der Waals surface area contributed by atoms with Crippen molar-refractivity contribution in [2.75, 3.05) is 19.6 Å². The van der Waals surface area contributed by atoms with E-state index in [4.69, 9.17) is 16.6 Å². The fourth-order valence-corrected chi connectivity index (χ4v) is 2.51. The van der Waals surface area contributed by atoms with E-state index in [9.17, 15) is 19.5 Å². The number of likely N-dealkylation sites (tertiary alicyclic amines) is 1. The number of aliphatic hydroxyl groups is 1. The maximum atomic E-state index is 12.5. The Morgan fingerprint density at radius 1 is 1.27 bits per heavy atom. The van der Waals surface area contributed by atoms with E-state index in [2.05, 4.69) is 5.32 Å². The van der Waals surface area contributed by atoms with Crippen LogP contribution in [-0.2, 0) is 14.4 Å². The monoisotopic (exact) mass is 316 g/mol. The average molecular weight is 316 g/mol. The summed E-state index contributed by atoms with van der Waals surface area (Å²) in [6, 6.07) is -0.911. The van der Waals surface area contributed by atoms with Gasteiger partial charge in [0.2, 0.25) is 17.5 Å². The van der Waals surface area contributed by atoms with Crippen LogP contribution in [0.2, 0.25) is 0 Å². The zero-order chi connectivity index (χ0) is 16.8. The molecule has 1 heterocycles. The molecule has 0 bridgehead atoms. The van der Waals surface area contributed by atoms with Gasteiger partial charge in [-0.2, -0.15) is 0 Å². The average Bonchev–Trinajstić information content (AvgIpc) is 2.88. The molecule has 0 spiro atoms. The molecule has 7 N–H and O–H groups in total. The van der Waals surface area contributed by atoms with Crippen LogP contribution < -0.4 is 16.8 Å². The predicted octanol–water partition coefficient (Wildman–Crippen LogP) is -2.05. The quantitative estimate of drug-likeness (QED) is 0.322. The Balaban J connectivity index is 2.85. The summed E-state index contributed by atoms with van der Waals surface area (Å²) in [7, 11) is 0. The van der Waals surface area contributed by atoms with Crippen LogP contribution in [0.3, 0.4) is 0 Å². The number of hydrogen-bond donors (Lipinski definition) is 5. The molecule has 1 fully saturated rings. The Kier molecular flexibility index (Phi) is 6.72. The third-order valence-corrected chi connectivity index (χ3v) is 3.73. The minimum absolute atomic E-state index is 0.0333. The Hall–Kier alpha value is -1.71. The molecule has 1 aliphatic rings. The van der Waals surface area contributed by atoms with E-state index in [1.54, 1.807) is 0 Å². The van der Waals surface area contributed by atoms with E-state index in [-0.39, 0.29) is 19.5 Å². The maximum Gasteiger partial charge on any atom is 0.357 e. The molecule has 2 atom stereocenters. The molecular formula is C13H24N4O5. The number of nitrogens with one attached hydrogen (secondary N) is 1. The lowest BCUT2D eigenvalue weighted by atomic mass is 10.1. The van der Waals surface area contributed by atoms with Gasteiger partial charge >= 0.3 is 5.97 Å². The summed E-state index contributed by atoms with van der Waals surface area (Å²) in [5.41, 5.74) is 8.42. The summed E-state index contributed by atoms with van der Waals surface area (Å²) in [5, 5.41) is 21.8. The van der Waals surface area contributed by atoms with E-state index in [0.29, 0.717) is 32.2 Å². The molecule has 9 nitrogen and oxygen atoms in total. The number of nitrogens with two attached hydrogens (primary N) is 2. The van der Waals surface area contributed by atoms with Crippen molar-refractivity contribution in [3.63, 3.8) is 0 Å². The number of hydrogen-bond acceptors (Lipinski definition) is 6. The van der Waals surface area contributed by atoms with Gasteiger partial charge in [0.15, 0.2) is 0 Å². The largest absolute Gasteiger partial charge is 0.478 e. The predicted molar refractivity (Wildman–Crippen MR) is 77.4 cm³/mol. The molecule has 22 heavy (non-hydrogen) atoms. The van der Waals surface area contributed by atoms with Gasteiger partial charge in [0, 0.05) is 13.0 Å². The van der Waals surface area contributed by atoms with Crippen molar-refractivity contribution >= 4 is 17.8 Å². The number of carboxylic acids is 1. The fraction of sp³-hybridized carbons (Fsp3) is 0.769. The summed E-state index contributed by atoms with van der Waals surface area (Å²) in [6.07, 6.45) is 1.93. The van der Waals surface area contributed by atoms with Crippen LogP contribution in [0, 0.1) is 0 Å². The second kappa shape index (κ2) is 8.06. The molecule has 0 aromatic rings. The van der Waals surface area contributed by atoms with Gasteiger partial charge in [-0.3, -0.25) is 9.59 Å². The van der Waals surface area contributed by atoms with Crippen molar-refractivity contribution in [2.24, 2.45) is 11.5 Å². The van der Waals surface area contributed by atoms with E-state index in [1.807, 2.05) is 0 Å². The van der Waals surface area contributed by atoms with Gasteiger partial charge in [-0.05, 0) is 32.2 Å². The van der Waals surface area contributed by atoms with Crippen LogP contribution in [0.15, 0.2) is 0 Å². The third kappa shape index (κ3) is 4.15. The van der Waals surface area contributed by atoms with E-state index < -0.39 is 29.6 Å². The molecule has 0 radical (unpaired) electrons. The molecule has 1 saturated heterocycles. The Bertz CT molecular complexity index is 431. The highest BCUT2D eigenvalue weighted by molar-refractivity contribution is 5.92. The van der Waals surface area contributed by atoms with E-state index in [1.165, 1.54) is 0 Å². The number of unbranched alkanes of at least 4 members (excludes halogenated alkanes) is 1. The highest BCUT2D eigenvalue weighted by Crippen LogP contribution is 2.28. The van der Waals surface area contributed by atoms with Crippen LogP contribution in [-0.4, -0.2) is 64.3 Å². The molecule has 126 valence electrons. The van der Waals surface area contributed by atoms with Gasteiger partial charge in [0.1, 0.15) is 6.04 Å². The SMILES string of the molecule is NCCCCC(NC(=O)CN)C(=O)N1CCCC1(O)C(=O)O. The minimum Gasteiger partial charge on any atom is -0.478 e. The molecule has 2 amide bonds. The molecule has 0 aromatic carbocycles. The summed E-state index contributed by atoms with van der Waals surface area (Å²) < 4.78 is 0. The minimum atomic E-state index is -2.21. The molecule has 2 unspecified atom stereocenters. The van der Waals surface area contributed by atoms with Crippen molar-refractivity contribution in [1.82, 2.24) is 10.2 Å². The first-order valence-corrected chi connectivity index (χ1v) is 7.33. The van der Waals surface area contributed by atoms with E-state index >= 15 is 0 Å². The van der Waals surface area contributed by atoms with Crippen molar-refractivity contribution in [3.8, 4) is 0 Å². The summed E-state index contributed by atoms with van der Waals surface area (Å²) in [5.74, 6) is -2.59. The smallest absolute Gasteiger partial charge is 0.357 e. The molecule has 0 aromatic heterocycles. The van der Waals surface area contributed by atoms with Crippen molar-refractivity contribution in [3.05, 3.63) is 0 Å². The lowest BCUT2D eigenvalue weighted by Gasteiger charge is -2.32. The van der Waals surface area contributed by atoms with E-state index in [0.717, 1.165) is 4.90 Å². The van der Waals surface area contributed by atoms with Crippen LogP contribution in [0.1, 0.15) is 32.1 Å². The van der Waals surface area contributed by atoms with Crippen LogP contribution in [0.25, 0.3) is 0 Å². The van der Waals surface area contributed by atoms with Crippen molar-refractivity contribution in [1.29, 1.82) is 0 Å². The summed E-state index contributed by atoms with van der Waals surface area (Å²) in [6.45, 7) is 0.311. The zero-order valence-electron chi connectivity index (χ0n) is 12.5. The van der Waals surface area contributed by atoms with Crippen LogP contribution in [0.5, 0.6) is 0 Å². The number of carbonyl (C=O) groups excluding carboxylic acids is 2. The number of amides is 2. The number of rotatable bonds is 8. The topological polar surface area (TPSA) is 159 Å². The number of carboxylic acid groups (broad SMARTS) is 1. The first kappa shape index (κ1) is 18.3. The van der Waals surface area contributed by atoms with Gasteiger partial charge in [-0.25, -0.2) is 4.79 Å². The Morgan fingerprint density at radius 2 is 1.95 bits per heavy atom. The molecule has 0 aliphatic carbocycles. The van der Waals surface area contributed by atoms with Crippen LogP contribution in [0.4, 0.5) is 0 Å². The maximum absolute atomic E-state index is 12.5. The molecule has 9 heteroatoms. The van der Waals surface area contributed by atoms with Gasteiger partial charge < -0.3 is 31.9 Å². The van der Waals surface area contributed by atoms with Crippen molar-refractivity contribution < 1.29 is 24.6 Å². The highest BCUT2D eigenvalue weighted by Gasteiger charge is 2.49. The fourth-order valence-electron chi connectivity index (χ4n) is 2.51. The van der Waals surface area contributed by atoms with Gasteiger partial charge in [0.05, 0.1) is 6.54 Å². The zero-order valence-corrected chi connectivity index (χ0v) is 12.5. The first-order chi connectivity index (χ1) is 10.4. The number of carbonyl (C=O) groups is 3. The summed E-state index contributed by atoms with van der Waals surface area (Å²) in [4.78, 5) is 36.1. The Labute approximate surface area is 128 Å². The van der Waals surface area contributed by atoms with Gasteiger partial charge in [-0.1, -0.05) is 0 Å². The molecule has 1 rings (SSSR count). The highest BCUT2D eigenvalue weighted by atomic mass is 16.4. The second-order valence-electron chi connectivity index (χ2n) is 5.32.